The number of hydrogen-bond acceptors (Lipinski definition) is 9. The molecule has 0 aromatic heterocycles. The molecule has 210 valence electrons. The van der Waals surface area contributed by atoms with E-state index in [1.165, 1.54) is 14.2 Å². The number of carbonyl (C=O) groups excluding carboxylic acids is 2. The summed E-state index contributed by atoms with van der Waals surface area (Å²) in [5, 5.41) is 12.8. The Morgan fingerprint density at radius 3 is 2.38 bits per heavy atom. The molecule has 9 nitrogen and oxygen atoms in total. The molecule has 0 saturated carbocycles. The lowest BCUT2D eigenvalue weighted by Gasteiger charge is -2.41. The van der Waals surface area contributed by atoms with Crippen molar-refractivity contribution in [3.8, 4) is 17.2 Å². The predicted molar refractivity (Wildman–Crippen MR) is 141 cm³/mol. The molecule has 6 rings (SSSR count). The van der Waals surface area contributed by atoms with Gasteiger partial charge in [-0.15, -0.1) is 0 Å². The van der Waals surface area contributed by atoms with Gasteiger partial charge in [0, 0.05) is 42.1 Å². The van der Waals surface area contributed by atoms with Crippen molar-refractivity contribution in [2.24, 2.45) is 11.3 Å². The topological polar surface area (TPSA) is 113 Å². The summed E-state index contributed by atoms with van der Waals surface area (Å²) < 4.78 is 36.4. The number of epoxide rings is 1. The van der Waals surface area contributed by atoms with Crippen LogP contribution in [0, 0.1) is 18.3 Å². The smallest absolute Gasteiger partial charge is 0.212 e. The van der Waals surface area contributed by atoms with E-state index < -0.39 is 35.1 Å². The van der Waals surface area contributed by atoms with Crippen molar-refractivity contribution in [1.82, 2.24) is 0 Å². The van der Waals surface area contributed by atoms with Gasteiger partial charge in [0.25, 0.3) is 0 Å². The Bertz CT molecular complexity index is 1420. The van der Waals surface area contributed by atoms with Gasteiger partial charge in [-0.1, -0.05) is 20.8 Å². The molecule has 5 atom stereocenters. The van der Waals surface area contributed by atoms with Gasteiger partial charge >= 0.3 is 0 Å². The van der Waals surface area contributed by atoms with Crippen LogP contribution < -0.4 is 9.47 Å². The lowest BCUT2D eigenvalue weighted by molar-refractivity contribution is -0.209. The number of fused-ring (bicyclic) bond motifs is 8. The normalized spacial score (nSPS) is 32.6. The van der Waals surface area contributed by atoms with Crippen molar-refractivity contribution < 1.29 is 43.1 Å². The van der Waals surface area contributed by atoms with Crippen LogP contribution in [-0.4, -0.2) is 68.2 Å². The molecule has 0 amide bonds. The summed E-state index contributed by atoms with van der Waals surface area (Å²) in [6.07, 6.45) is -1.19. The molecular formula is C30H36O9. The summed E-state index contributed by atoms with van der Waals surface area (Å²) in [6, 6.07) is 1.87. The van der Waals surface area contributed by atoms with E-state index >= 15 is 0 Å². The monoisotopic (exact) mass is 540 g/mol. The summed E-state index contributed by atoms with van der Waals surface area (Å²) in [7, 11) is 4.62. The summed E-state index contributed by atoms with van der Waals surface area (Å²) >= 11 is 0. The van der Waals surface area contributed by atoms with E-state index in [1.54, 1.807) is 14.0 Å². The zero-order chi connectivity index (χ0) is 28.2. The Kier molecular flexibility index (Phi) is 5.70. The van der Waals surface area contributed by atoms with Crippen LogP contribution in [0.5, 0.6) is 17.2 Å². The number of Topliss-reactive ketones (excluding diaryl/α,β-unsaturated/α-hetero) is 2. The molecule has 0 radical (unpaired) electrons. The molecule has 1 spiro atoms. The molecule has 9 heteroatoms. The van der Waals surface area contributed by atoms with E-state index in [0.29, 0.717) is 52.8 Å². The van der Waals surface area contributed by atoms with E-state index in [4.69, 9.17) is 28.4 Å². The molecule has 39 heavy (non-hydrogen) atoms. The van der Waals surface area contributed by atoms with Crippen LogP contribution in [0.1, 0.15) is 67.3 Å². The zero-order valence-electron chi connectivity index (χ0n) is 23.7. The molecule has 2 aromatic rings. The summed E-state index contributed by atoms with van der Waals surface area (Å²) in [5.74, 6) is -0.0734. The Morgan fingerprint density at radius 1 is 1.13 bits per heavy atom. The number of methoxy groups -OCH3 is 3. The molecule has 3 heterocycles. The van der Waals surface area contributed by atoms with Crippen molar-refractivity contribution >= 4 is 22.3 Å². The van der Waals surface area contributed by atoms with Gasteiger partial charge in [0.15, 0.2) is 17.7 Å². The number of aromatic hydroxyl groups is 1. The lowest BCUT2D eigenvalue weighted by Crippen LogP contribution is -2.60. The fourth-order valence-corrected chi connectivity index (χ4v) is 7.11. The predicted octanol–water partition coefficient (Wildman–Crippen LogP) is 4.20. The van der Waals surface area contributed by atoms with Gasteiger partial charge in [-0.05, 0) is 38.3 Å². The van der Waals surface area contributed by atoms with Crippen molar-refractivity contribution in [2.75, 3.05) is 27.9 Å². The maximum Gasteiger partial charge on any atom is 0.212 e. The maximum atomic E-state index is 14.2. The standard InChI is InChI=1S/C30H36O9/c1-13-11-16-18(20(31)19-15(22(16)34-6)9-10-28(3,4)25(19)32)23-17(13)24-26(33)29(5,39-23)30(12-37-30)14(2)21(38-24)27(35-7)36-8/h11,14,21,24,27,31H,9-10,12H2,1-8H3/t14-,21?,24-,29+,30+/m0/s1. The van der Waals surface area contributed by atoms with Gasteiger partial charge < -0.3 is 33.5 Å². The first-order valence-electron chi connectivity index (χ1n) is 13.4. The fourth-order valence-electron chi connectivity index (χ4n) is 7.11. The minimum atomic E-state index is -1.43. The van der Waals surface area contributed by atoms with Crippen LogP contribution in [0.15, 0.2) is 6.07 Å². The number of ketones is 2. The minimum absolute atomic E-state index is 0.152. The average Bonchev–Trinajstić information content (AvgIpc) is 3.71. The average molecular weight is 541 g/mol. The highest BCUT2D eigenvalue weighted by atomic mass is 16.7. The molecule has 3 aliphatic heterocycles. The van der Waals surface area contributed by atoms with Crippen LogP contribution in [-0.2, 0) is 30.2 Å². The van der Waals surface area contributed by atoms with Crippen molar-refractivity contribution in [2.45, 2.75) is 77.2 Å². The van der Waals surface area contributed by atoms with E-state index in [9.17, 15) is 14.7 Å². The first-order valence-corrected chi connectivity index (χ1v) is 13.4. The van der Waals surface area contributed by atoms with Crippen LogP contribution in [0.4, 0.5) is 0 Å². The van der Waals surface area contributed by atoms with Gasteiger partial charge in [-0.3, -0.25) is 9.59 Å². The lowest BCUT2D eigenvalue weighted by atomic mass is 9.71. The van der Waals surface area contributed by atoms with Gasteiger partial charge in [0.2, 0.25) is 5.78 Å². The number of phenolic OH excluding ortho intramolecular Hbond substituents is 1. The summed E-state index contributed by atoms with van der Waals surface area (Å²) in [6.45, 7) is 9.61. The van der Waals surface area contributed by atoms with Crippen molar-refractivity contribution in [1.29, 1.82) is 0 Å². The van der Waals surface area contributed by atoms with Crippen molar-refractivity contribution in [3.05, 3.63) is 28.3 Å². The maximum absolute atomic E-state index is 14.2. The molecule has 2 aromatic carbocycles. The van der Waals surface area contributed by atoms with Crippen LogP contribution >= 0.6 is 0 Å². The number of carbonyl (C=O) groups is 2. The Balaban J connectivity index is 1.68. The van der Waals surface area contributed by atoms with Crippen LogP contribution in [0.2, 0.25) is 0 Å². The first kappa shape index (κ1) is 26.5. The highest BCUT2D eigenvalue weighted by molar-refractivity contribution is 6.14. The number of hydrogen-bond donors (Lipinski definition) is 1. The van der Waals surface area contributed by atoms with Gasteiger partial charge in [-0.25, -0.2) is 0 Å². The fraction of sp³-hybridized carbons (Fsp3) is 0.600. The summed E-state index contributed by atoms with van der Waals surface area (Å²) in [4.78, 5) is 27.8. The largest absolute Gasteiger partial charge is 0.506 e. The second kappa shape index (κ2) is 8.39. The second-order valence-electron chi connectivity index (χ2n) is 12.1. The van der Waals surface area contributed by atoms with Gasteiger partial charge in [0.05, 0.1) is 24.7 Å². The third-order valence-electron chi connectivity index (χ3n) is 9.66. The van der Waals surface area contributed by atoms with E-state index in [0.717, 1.165) is 5.56 Å². The molecule has 4 aliphatic rings. The highest BCUT2D eigenvalue weighted by Crippen LogP contribution is 2.61. The van der Waals surface area contributed by atoms with E-state index in [-0.39, 0.29) is 28.8 Å². The highest BCUT2D eigenvalue weighted by Gasteiger charge is 2.74. The van der Waals surface area contributed by atoms with E-state index in [2.05, 4.69) is 0 Å². The molecule has 1 N–H and O–H groups in total. The van der Waals surface area contributed by atoms with E-state index in [1.807, 2.05) is 33.8 Å². The Morgan fingerprint density at radius 2 is 1.79 bits per heavy atom. The van der Waals surface area contributed by atoms with Gasteiger partial charge in [0.1, 0.15) is 35.1 Å². The molecular weight excluding hydrogens is 504 g/mol. The Hall–Kier alpha value is -2.72. The zero-order valence-corrected chi connectivity index (χ0v) is 23.7. The minimum Gasteiger partial charge on any atom is -0.506 e. The SMILES string of the molecule is COc1c2c(c(O)c3c4c(c(C)cc13)[C@@H]1OC(C(OC)OC)[C@H](C)[C@]3(CO3)[C@](C)(O4)C1=O)C(=O)C(C)(C)CC2. The first-order chi connectivity index (χ1) is 18.4. The quantitative estimate of drug-likeness (QED) is 0.450. The number of phenols is 1. The second-order valence-corrected chi connectivity index (χ2v) is 12.1. The molecule has 2 saturated heterocycles. The van der Waals surface area contributed by atoms with Crippen LogP contribution in [0.25, 0.3) is 10.8 Å². The molecule has 1 aliphatic carbocycles. The third kappa shape index (κ3) is 3.21. The number of benzene rings is 2. The number of aryl methyl sites for hydroxylation is 1. The Labute approximate surface area is 227 Å². The summed E-state index contributed by atoms with van der Waals surface area (Å²) in [5.41, 5.74) is -0.870. The molecule has 2 fully saturated rings. The van der Waals surface area contributed by atoms with Crippen LogP contribution in [0.3, 0.4) is 0 Å². The number of ether oxygens (including phenoxy) is 6. The van der Waals surface area contributed by atoms with Gasteiger partial charge in [-0.2, -0.15) is 0 Å². The third-order valence-corrected chi connectivity index (χ3v) is 9.66. The van der Waals surface area contributed by atoms with Crippen molar-refractivity contribution in [3.63, 3.8) is 0 Å². The molecule has 1 unspecified atom stereocenters. The molecule has 2 bridgehead atoms. The number of rotatable bonds is 4.